The largest absolute Gasteiger partial charge is 0.326 e. The van der Waals surface area contributed by atoms with Crippen molar-refractivity contribution in [3.05, 3.63) is 31.9 Å². The summed E-state index contributed by atoms with van der Waals surface area (Å²) < 4.78 is 0.944. The van der Waals surface area contributed by atoms with E-state index < -0.39 is 0 Å². The molecule has 0 spiro atoms. The summed E-state index contributed by atoms with van der Waals surface area (Å²) in [6, 6.07) is 5.49. The van der Waals surface area contributed by atoms with Gasteiger partial charge in [0.2, 0.25) is 0 Å². The predicted molar refractivity (Wildman–Crippen MR) is 56.8 cm³/mol. The molecule has 0 radical (unpaired) electrons. The summed E-state index contributed by atoms with van der Waals surface area (Å²) in [5, 5.41) is 9.31. The Bertz CT molecular complexity index is 344. The van der Waals surface area contributed by atoms with Crippen LogP contribution in [-0.2, 0) is 6.54 Å². The van der Waals surface area contributed by atoms with Gasteiger partial charge in [0.05, 0.1) is 11.6 Å². The summed E-state index contributed by atoms with van der Waals surface area (Å²) in [4.78, 5) is 0. The van der Waals surface area contributed by atoms with Gasteiger partial charge in [0.25, 0.3) is 0 Å². The fourth-order valence-electron chi connectivity index (χ4n) is 0.911. The quantitative estimate of drug-likeness (QED) is 0.807. The fraction of sp³-hybridized carbons (Fsp3) is 0.125. The molecule has 0 aliphatic carbocycles. The molecule has 0 saturated heterocycles. The van der Waals surface area contributed by atoms with E-state index in [-0.39, 0.29) is 0 Å². The van der Waals surface area contributed by atoms with Gasteiger partial charge in [0.15, 0.2) is 0 Å². The maximum absolute atomic E-state index is 8.73. The van der Waals surface area contributed by atoms with Crippen LogP contribution >= 0.6 is 34.2 Å². The summed E-state index contributed by atoms with van der Waals surface area (Å²) >= 11 is 7.88. The molecule has 12 heavy (non-hydrogen) atoms. The molecule has 2 N–H and O–H groups in total. The molecule has 1 rings (SSSR count). The Hall–Kier alpha value is -0.310. The maximum atomic E-state index is 8.73. The van der Waals surface area contributed by atoms with Gasteiger partial charge in [-0.3, -0.25) is 0 Å². The molecule has 0 heterocycles. The molecule has 0 unspecified atom stereocenters. The second-order valence-corrected chi connectivity index (χ2v) is 3.83. The normalized spacial score (nSPS) is 9.50. The molecule has 0 bridgehead atoms. The Balaban J connectivity index is 3.36. The summed E-state index contributed by atoms with van der Waals surface area (Å²) in [6.07, 6.45) is 0. The first-order chi connectivity index (χ1) is 5.69. The van der Waals surface area contributed by atoms with Crippen LogP contribution in [0.4, 0.5) is 0 Å². The lowest BCUT2D eigenvalue weighted by Gasteiger charge is -2.03. The topological polar surface area (TPSA) is 49.8 Å². The van der Waals surface area contributed by atoms with Crippen molar-refractivity contribution in [1.82, 2.24) is 0 Å². The molecule has 0 aliphatic heterocycles. The van der Waals surface area contributed by atoms with E-state index in [1.165, 1.54) is 0 Å². The lowest BCUT2D eigenvalue weighted by atomic mass is 10.1. The number of nitriles is 1. The zero-order chi connectivity index (χ0) is 9.14. The van der Waals surface area contributed by atoms with Crippen LogP contribution in [0.15, 0.2) is 12.1 Å². The smallest absolute Gasteiger partial charge is 0.0995 e. The van der Waals surface area contributed by atoms with Crippen LogP contribution in [0.3, 0.4) is 0 Å². The van der Waals surface area contributed by atoms with E-state index in [1.807, 2.05) is 0 Å². The van der Waals surface area contributed by atoms with Crippen LogP contribution < -0.4 is 5.73 Å². The number of rotatable bonds is 1. The minimum Gasteiger partial charge on any atom is -0.326 e. The Labute approximate surface area is 89.5 Å². The van der Waals surface area contributed by atoms with Crippen LogP contribution in [0.1, 0.15) is 11.1 Å². The minimum atomic E-state index is 0.373. The highest BCUT2D eigenvalue weighted by molar-refractivity contribution is 14.1. The molecule has 4 heteroatoms. The van der Waals surface area contributed by atoms with Crippen molar-refractivity contribution in [1.29, 1.82) is 5.26 Å². The van der Waals surface area contributed by atoms with E-state index in [4.69, 9.17) is 22.6 Å². The third-order valence-electron chi connectivity index (χ3n) is 1.48. The lowest BCUT2D eigenvalue weighted by Crippen LogP contribution is -2.02. The van der Waals surface area contributed by atoms with E-state index in [0.717, 1.165) is 9.13 Å². The van der Waals surface area contributed by atoms with Crippen LogP contribution in [0.25, 0.3) is 0 Å². The van der Waals surface area contributed by atoms with Crippen molar-refractivity contribution in [2.45, 2.75) is 6.54 Å². The zero-order valence-electron chi connectivity index (χ0n) is 6.14. The monoisotopic (exact) mass is 292 g/mol. The summed E-state index contributed by atoms with van der Waals surface area (Å²) in [6.45, 7) is 0.373. The summed E-state index contributed by atoms with van der Waals surface area (Å²) in [5.41, 5.74) is 6.91. The van der Waals surface area contributed by atoms with E-state index in [1.54, 1.807) is 12.1 Å². The SMILES string of the molecule is N#Cc1cc(Cl)cc(I)c1CN. The number of hydrogen-bond acceptors (Lipinski definition) is 2. The van der Waals surface area contributed by atoms with Gasteiger partial charge in [-0.1, -0.05) is 11.6 Å². The van der Waals surface area contributed by atoms with Crippen molar-refractivity contribution in [3.63, 3.8) is 0 Å². The van der Waals surface area contributed by atoms with Crippen molar-refractivity contribution >= 4 is 34.2 Å². The summed E-state index contributed by atoms with van der Waals surface area (Å²) in [5.74, 6) is 0. The van der Waals surface area contributed by atoms with Gasteiger partial charge in [-0.05, 0) is 40.3 Å². The Morgan fingerprint density at radius 1 is 1.58 bits per heavy atom. The van der Waals surface area contributed by atoms with E-state index in [9.17, 15) is 0 Å². The van der Waals surface area contributed by atoms with Crippen LogP contribution in [0, 0.1) is 14.9 Å². The summed E-state index contributed by atoms with van der Waals surface area (Å²) in [7, 11) is 0. The first kappa shape index (κ1) is 9.78. The second kappa shape index (κ2) is 4.08. The molecule has 0 atom stereocenters. The molecule has 0 saturated carbocycles. The van der Waals surface area contributed by atoms with E-state index >= 15 is 0 Å². The maximum Gasteiger partial charge on any atom is 0.0995 e. The van der Waals surface area contributed by atoms with Gasteiger partial charge in [-0.25, -0.2) is 0 Å². The highest BCUT2D eigenvalue weighted by atomic mass is 127. The van der Waals surface area contributed by atoms with Crippen LogP contribution in [-0.4, -0.2) is 0 Å². The van der Waals surface area contributed by atoms with Gasteiger partial charge in [0, 0.05) is 15.1 Å². The Kier molecular flexibility index (Phi) is 3.32. The average Bonchev–Trinajstić information content (AvgIpc) is 2.03. The highest BCUT2D eigenvalue weighted by Gasteiger charge is 2.05. The molecule has 62 valence electrons. The van der Waals surface area contributed by atoms with Crippen molar-refractivity contribution in [2.75, 3.05) is 0 Å². The van der Waals surface area contributed by atoms with Gasteiger partial charge >= 0.3 is 0 Å². The number of nitrogens with two attached hydrogens (primary N) is 1. The number of hydrogen-bond donors (Lipinski definition) is 1. The number of nitrogens with zero attached hydrogens (tertiary/aromatic N) is 1. The molecule has 0 amide bonds. The first-order valence-corrected chi connectivity index (χ1v) is 4.72. The first-order valence-electron chi connectivity index (χ1n) is 3.27. The Morgan fingerprint density at radius 3 is 2.75 bits per heavy atom. The zero-order valence-corrected chi connectivity index (χ0v) is 9.06. The minimum absolute atomic E-state index is 0.373. The van der Waals surface area contributed by atoms with E-state index in [2.05, 4.69) is 28.7 Å². The van der Waals surface area contributed by atoms with Gasteiger partial charge in [-0.15, -0.1) is 0 Å². The van der Waals surface area contributed by atoms with Crippen molar-refractivity contribution in [3.8, 4) is 6.07 Å². The van der Waals surface area contributed by atoms with Crippen LogP contribution in [0.2, 0.25) is 5.02 Å². The van der Waals surface area contributed by atoms with Gasteiger partial charge < -0.3 is 5.73 Å². The van der Waals surface area contributed by atoms with E-state index in [0.29, 0.717) is 17.1 Å². The molecule has 0 aliphatic rings. The standard InChI is InChI=1S/C8H6ClIN2/c9-6-1-5(3-11)7(4-12)8(10)2-6/h1-2H,4,12H2. The highest BCUT2D eigenvalue weighted by Crippen LogP contribution is 2.21. The number of halogens is 2. The number of benzene rings is 1. The second-order valence-electron chi connectivity index (χ2n) is 2.23. The molecule has 1 aromatic carbocycles. The van der Waals surface area contributed by atoms with Gasteiger partial charge in [0.1, 0.15) is 0 Å². The lowest BCUT2D eigenvalue weighted by molar-refractivity contribution is 1.05. The van der Waals surface area contributed by atoms with Gasteiger partial charge in [-0.2, -0.15) is 5.26 Å². The van der Waals surface area contributed by atoms with Crippen molar-refractivity contribution in [2.24, 2.45) is 5.73 Å². The van der Waals surface area contributed by atoms with Crippen molar-refractivity contribution < 1.29 is 0 Å². The third kappa shape index (κ3) is 1.89. The molecule has 2 nitrogen and oxygen atoms in total. The third-order valence-corrected chi connectivity index (χ3v) is 2.67. The molecule has 0 aromatic heterocycles. The molecular formula is C8H6ClIN2. The Morgan fingerprint density at radius 2 is 2.25 bits per heavy atom. The average molecular weight is 293 g/mol. The van der Waals surface area contributed by atoms with Crippen LogP contribution in [0.5, 0.6) is 0 Å². The predicted octanol–water partition coefficient (Wildman–Crippen LogP) is 2.27. The molecule has 0 fully saturated rings. The molecular weight excluding hydrogens is 286 g/mol. The molecule has 1 aromatic rings. The fourth-order valence-corrected chi connectivity index (χ4v) is 2.16.